The SMILES string of the molecule is CC(C(N)=O)N(C)C1CCSC1. The average molecular weight is 188 g/mol. The van der Waals surface area contributed by atoms with E-state index in [4.69, 9.17) is 5.73 Å². The zero-order valence-corrected chi connectivity index (χ0v) is 8.43. The molecule has 0 aliphatic carbocycles. The lowest BCUT2D eigenvalue weighted by Gasteiger charge is -2.27. The molecule has 2 unspecified atom stereocenters. The van der Waals surface area contributed by atoms with Crippen LogP contribution < -0.4 is 5.73 Å². The van der Waals surface area contributed by atoms with Crippen LogP contribution >= 0.6 is 11.8 Å². The topological polar surface area (TPSA) is 46.3 Å². The lowest BCUT2D eigenvalue weighted by atomic mass is 10.2. The van der Waals surface area contributed by atoms with Gasteiger partial charge < -0.3 is 5.73 Å². The predicted octanol–water partition coefficient (Wildman–Crippen LogP) is 0.298. The minimum atomic E-state index is -0.227. The second-order valence-corrected chi connectivity index (χ2v) is 4.41. The second-order valence-electron chi connectivity index (χ2n) is 3.26. The number of nitrogens with two attached hydrogens (primary N) is 1. The molecular formula is C8H16N2OS. The molecule has 4 heteroatoms. The Morgan fingerprint density at radius 1 is 1.75 bits per heavy atom. The number of rotatable bonds is 3. The Balaban J connectivity index is 2.44. The van der Waals surface area contributed by atoms with Gasteiger partial charge in [-0.05, 0) is 26.1 Å². The molecule has 2 N–H and O–H groups in total. The summed E-state index contributed by atoms with van der Waals surface area (Å²) in [5.41, 5.74) is 5.22. The zero-order chi connectivity index (χ0) is 9.14. The van der Waals surface area contributed by atoms with Gasteiger partial charge in [-0.2, -0.15) is 11.8 Å². The fourth-order valence-corrected chi connectivity index (χ4v) is 2.64. The first-order valence-corrected chi connectivity index (χ1v) is 5.37. The van der Waals surface area contributed by atoms with Gasteiger partial charge in [-0.15, -0.1) is 0 Å². The van der Waals surface area contributed by atoms with E-state index in [0.717, 1.165) is 5.75 Å². The summed E-state index contributed by atoms with van der Waals surface area (Å²) >= 11 is 1.95. The van der Waals surface area contributed by atoms with Gasteiger partial charge in [0.1, 0.15) is 0 Å². The van der Waals surface area contributed by atoms with E-state index in [1.807, 2.05) is 25.7 Å². The van der Waals surface area contributed by atoms with Gasteiger partial charge >= 0.3 is 0 Å². The number of nitrogens with zero attached hydrogens (tertiary/aromatic N) is 1. The third kappa shape index (κ3) is 2.14. The molecule has 3 nitrogen and oxygen atoms in total. The predicted molar refractivity (Wildman–Crippen MR) is 52.1 cm³/mol. The molecule has 1 amide bonds. The lowest BCUT2D eigenvalue weighted by Crippen LogP contribution is -2.45. The first-order valence-electron chi connectivity index (χ1n) is 4.22. The van der Waals surface area contributed by atoms with E-state index < -0.39 is 0 Å². The molecule has 70 valence electrons. The molecule has 1 rings (SSSR count). The number of carbonyl (C=O) groups is 1. The van der Waals surface area contributed by atoms with Crippen LogP contribution in [-0.4, -0.2) is 41.4 Å². The van der Waals surface area contributed by atoms with E-state index in [2.05, 4.69) is 4.90 Å². The van der Waals surface area contributed by atoms with Crippen molar-refractivity contribution in [1.82, 2.24) is 4.90 Å². The number of hydrogen-bond acceptors (Lipinski definition) is 3. The molecule has 1 aliphatic heterocycles. The molecule has 0 saturated carbocycles. The molecule has 0 bridgehead atoms. The molecule has 0 aromatic heterocycles. The van der Waals surface area contributed by atoms with Gasteiger partial charge in [0.05, 0.1) is 6.04 Å². The van der Waals surface area contributed by atoms with Gasteiger partial charge in [0.2, 0.25) is 5.91 Å². The second kappa shape index (κ2) is 4.14. The Hall–Kier alpha value is -0.220. The maximum atomic E-state index is 10.9. The van der Waals surface area contributed by atoms with Crippen LogP contribution in [0.15, 0.2) is 0 Å². The highest BCUT2D eigenvalue weighted by Crippen LogP contribution is 2.22. The molecule has 0 aromatic carbocycles. The lowest BCUT2D eigenvalue weighted by molar-refractivity contribution is -0.122. The number of amides is 1. The Bertz CT molecular complexity index is 168. The van der Waals surface area contributed by atoms with Crippen molar-refractivity contribution in [2.75, 3.05) is 18.6 Å². The van der Waals surface area contributed by atoms with Crippen LogP contribution in [0.5, 0.6) is 0 Å². The summed E-state index contributed by atoms with van der Waals surface area (Å²) in [6, 6.07) is 0.409. The highest BCUT2D eigenvalue weighted by molar-refractivity contribution is 7.99. The summed E-state index contributed by atoms with van der Waals surface area (Å²) in [4.78, 5) is 13.0. The van der Waals surface area contributed by atoms with Crippen LogP contribution in [0.3, 0.4) is 0 Å². The van der Waals surface area contributed by atoms with Gasteiger partial charge in [-0.25, -0.2) is 0 Å². The summed E-state index contributed by atoms with van der Waals surface area (Å²) in [6.07, 6.45) is 1.18. The largest absolute Gasteiger partial charge is 0.368 e. The molecule has 12 heavy (non-hydrogen) atoms. The Kier molecular flexibility index (Phi) is 3.40. The third-order valence-corrected chi connectivity index (χ3v) is 3.65. The minimum absolute atomic E-state index is 0.131. The summed E-state index contributed by atoms with van der Waals surface area (Å²) in [6.45, 7) is 1.87. The minimum Gasteiger partial charge on any atom is -0.368 e. The number of likely N-dealkylation sites (N-methyl/N-ethyl adjacent to an activating group) is 1. The van der Waals surface area contributed by atoms with E-state index in [1.54, 1.807) is 0 Å². The maximum absolute atomic E-state index is 10.9. The van der Waals surface area contributed by atoms with Crippen molar-refractivity contribution in [2.45, 2.75) is 25.4 Å². The fourth-order valence-electron chi connectivity index (χ4n) is 1.36. The molecule has 2 atom stereocenters. The number of thioether (sulfide) groups is 1. The van der Waals surface area contributed by atoms with Crippen molar-refractivity contribution in [1.29, 1.82) is 0 Å². The van der Waals surface area contributed by atoms with Crippen molar-refractivity contribution < 1.29 is 4.79 Å². The molecule has 1 saturated heterocycles. The Morgan fingerprint density at radius 3 is 2.83 bits per heavy atom. The molecule has 0 spiro atoms. The highest BCUT2D eigenvalue weighted by atomic mass is 32.2. The van der Waals surface area contributed by atoms with Crippen molar-refractivity contribution >= 4 is 17.7 Å². The average Bonchev–Trinajstić information content (AvgIpc) is 2.53. The van der Waals surface area contributed by atoms with E-state index in [9.17, 15) is 4.79 Å². The van der Waals surface area contributed by atoms with Gasteiger partial charge in [0.15, 0.2) is 0 Å². The normalized spacial score (nSPS) is 26.1. The summed E-state index contributed by atoms with van der Waals surface area (Å²) in [5, 5.41) is 0. The molecule has 0 radical (unpaired) electrons. The van der Waals surface area contributed by atoms with E-state index in [0.29, 0.717) is 6.04 Å². The van der Waals surface area contributed by atoms with Crippen LogP contribution in [0.4, 0.5) is 0 Å². The molecule has 1 fully saturated rings. The van der Waals surface area contributed by atoms with Crippen molar-refractivity contribution in [3.05, 3.63) is 0 Å². The highest BCUT2D eigenvalue weighted by Gasteiger charge is 2.25. The van der Waals surface area contributed by atoms with Gasteiger partial charge in [0.25, 0.3) is 0 Å². The van der Waals surface area contributed by atoms with E-state index in [1.165, 1.54) is 12.2 Å². The van der Waals surface area contributed by atoms with Crippen molar-refractivity contribution in [3.63, 3.8) is 0 Å². The first kappa shape index (κ1) is 9.86. The quantitative estimate of drug-likeness (QED) is 0.693. The fraction of sp³-hybridized carbons (Fsp3) is 0.875. The molecule has 0 aromatic rings. The summed E-state index contributed by atoms with van der Waals surface area (Å²) < 4.78 is 0. The third-order valence-electron chi connectivity index (χ3n) is 2.50. The van der Waals surface area contributed by atoms with Crippen LogP contribution in [0.1, 0.15) is 13.3 Å². The monoisotopic (exact) mass is 188 g/mol. The smallest absolute Gasteiger partial charge is 0.234 e. The zero-order valence-electron chi connectivity index (χ0n) is 7.62. The maximum Gasteiger partial charge on any atom is 0.234 e. The number of primary amides is 1. The van der Waals surface area contributed by atoms with Gasteiger partial charge in [0, 0.05) is 11.8 Å². The standard InChI is InChI=1S/C8H16N2OS/c1-6(8(9)11)10(2)7-3-4-12-5-7/h6-7H,3-5H2,1-2H3,(H2,9,11). The number of carbonyl (C=O) groups excluding carboxylic acids is 1. The molecule has 1 aliphatic rings. The van der Waals surface area contributed by atoms with Crippen molar-refractivity contribution in [3.8, 4) is 0 Å². The number of hydrogen-bond donors (Lipinski definition) is 1. The van der Waals surface area contributed by atoms with Crippen LogP contribution in [0, 0.1) is 0 Å². The van der Waals surface area contributed by atoms with Crippen LogP contribution in [0.25, 0.3) is 0 Å². The van der Waals surface area contributed by atoms with Gasteiger partial charge in [-0.1, -0.05) is 0 Å². The first-order chi connectivity index (χ1) is 5.63. The van der Waals surface area contributed by atoms with Crippen LogP contribution in [0.2, 0.25) is 0 Å². The molecular weight excluding hydrogens is 172 g/mol. The summed E-state index contributed by atoms with van der Waals surface area (Å²) in [5.74, 6) is 2.11. The summed E-state index contributed by atoms with van der Waals surface area (Å²) in [7, 11) is 1.98. The van der Waals surface area contributed by atoms with Gasteiger partial charge in [-0.3, -0.25) is 9.69 Å². The Morgan fingerprint density at radius 2 is 2.42 bits per heavy atom. The van der Waals surface area contributed by atoms with E-state index in [-0.39, 0.29) is 11.9 Å². The van der Waals surface area contributed by atoms with E-state index >= 15 is 0 Å². The van der Waals surface area contributed by atoms with Crippen molar-refractivity contribution in [2.24, 2.45) is 5.73 Å². The molecule has 1 heterocycles. The van der Waals surface area contributed by atoms with Crippen LogP contribution in [-0.2, 0) is 4.79 Å². The Labute approximate surface area is 77.7 Å².